The molecule has 0 amide bonds. The molecule has 3 aromatic rings. The van der Waals surface area contributed by atoms with E-state index in [1.54, 1.807) is 7.05 Å². The van der Waals surface area contributed by atoms with Gasteiger partial charge >= 0.3 is 11.9 Å². The van der Waals surface area contributed by atoms with Gasteiger partial charge in [-0.2, -0.15) is 18.3 Å². The molecule has 0 fully saturated rings. The van der Waals surface area contributed by atoms with Gasteiger partial charge in [0.1, 0.15) is 5.69 Å². The summed E-state index contributed by atoms with van der Waals surface area (Å²) in [6, 6.07) is 4.70. The summed E-state index contributed by atoms with van der Waals surface area (Å²) in [5.41, 5.74) is -3.13. The number of nitrogens with zero attached hydrogens (tertiary/aromatic N) is 4. The minimum atomic E-state index is -4.90. The maximum Gasteiger partial charge on any atom is 0.431 e. The van der Waals surface area contributed by atoms with E-state index in [1.807, 2.05) is 5.92 Å². The third-order valence-corrected chi connectivity index (χ3v) is 4.06. The van der Waals surface area contributed by atoms with Gasteiger partial charge in [-0.25, -0.2) is 9.36 Å². The molecule has 134 valence electrons. The first kappa shape index (κ1) is 17.8. The number of hydrogen-bond donors (Lipinski definition) is 0. The van der Waals surface area contributed by atoms with Gasteiger partial charge in [0.25, 0.3) is 5.56 Å². The molecule has 0 unspecified atom stereocenters. The highest BCUT2D eigenvalue weighted by molar-refractivity contribution is 6.34. The van der Waals surface area contributed by atoms with Crippen LogP contribution in [0.2, 0.25) is 5.15 Å². The molecule has 10 heteroatoms. The van der Waals surface area contributed by atoms with Crippen molar-refractivity contribution in [2.45, 2.75) is 12.7 Å². The number of benzene rings is 1. The Bertz CT molecular complexity index is 1180. The number of terminal acetylenes is 1. The summed E-state index contributed by atoms with van der Waals surface area (Å²) in [7, 11) is 1.60. The van der Waals surface area contributed by atoms with Crippen molar-refractivity contribution < 1.29 is 13.2 Å². The number of halogens is 4. The lowest BCUT2D eigenvalue weighted by molar-refractivity contribution is -0.144. The Morgan fingerprint density at radius 3 is 2.58 bits per heavy atom. The Balaban J connectivity index is 2.35. The number of rotatable bonds is 2. The summed E-state index contributed by atoms with van der Waals surface area (Å²) >= 11 is 5.96. The Morgan fingerprint density at radius 2 is 1.96 bits per heavy atom. The molecule has 2 heterocycles. The molecule has 6 nitrogen and oxygen atoms in total. The van der Waals surface area contributed by atoms with Crippen molar-refractivity contribution in [3.63, 3.8) is 0 Å². The van der Waals surface area contributed by atoms with E-state index in [2.05, 4.69) is 5.10 Å². The van der Waals surface area contributed by atoms with E-state index in [4.69, 9.17) is 18.0 Å². The molecule has 0 saturated heterocycles. The first-order valence-electron chi connectivity index (χ1n) is 7.15. The van der Waals surface area contributed by atoms with Crippen LogP contribution in [0.3, 0.4) is 0 Å². The fraction of sp³-hybridized carbons (Fsp3) is 0.188. The number of fused-ring (bicyclic) bond motifs is 1. The first-order chi connectivity index (χ1) is 12.1. The van der Waals surface area contributed by atoms with Crippen LogP contribution in [0.25, 0.3) is 16.6 Å². The summed E-state index contributed by atoms with van der Waals surface area (Å²) in [4.78, 5) is 24.8. The molecule has 0 aliphatic carbocycles. The summed E-state index contributed by atoms with van der Waals surface area (Å²) in [5.74, 6) is 1.99. The van der Waals surface area contributed by atoms with Crippen molar-refractivity contribution >= 4 is 22.5 Å². The molecule has 0 radical (unpaired) electrons. The molecule has 0 N–H and O–H groups in total. The normalized spacial score (nSPS) is 11.7. The summed E-state index contributed by atoms with van der Waals surface area (Å²) in [5, 5.41) is 4.79. The lowest BCUT2D eigenvalue weighted by Gasteiger charge is -2.15. The highest BCUT2D eigenvalue weighted by Gasteiger charge is 2.35. The molecule has 0 atom stereocenters. The number of aryl methyl sites for hydroxylation is 1. The van der Waals surface area contributed by atoms with Crippen molar-refractivity contribution in [2.24, 2.45) is 7.05 Å². The van der Waals surface area contributed by atoms with Crippen LogP contribution < -0.4 is 11.2 Å². The quantitative estimate of drug-likeness (QED) is 0.638. The Kier molecular flexibility index (Phi) is 4.16. The van der Waals surface area contributed by atoms with Crippen LogP contribution in [0.15, 0.2) is 33.9 Å². The SMILES string of the molecule is C#CCn1c(C(F)(F)F)cc(=O)n(-c2ccc3c(Cl)nn(C)c3c2)c1=O. The van der Waals surface area contributed by atoms with Crippen molar-refractivity contribution in [3.05, 3.63) is 56.0 Å². The Hall–Kier alpha value is -2.99. The zero-order chi connectivity index (χ0) is 19.2. The van der Waals surface area contributed by atoms with Gasteiger partial charge in [-0.3, -0.25) is 14.0 Å². The van der Waals surface area contributed by atoms with Crippen LogP contribution >= 0.6 is 11.6 Å². The average Bonchev–Trinajstić information content (AvgIpc) is 2.83. The zero-order valence-electron chi connectivity index (χ0n) is 13.2. The van der Waals surface area contributed by atoms with Gasteiger partial charge in [0.15, 0.2) is 5.15 Å². The van der Waals surface area contributed by atoms with E-state index in [9.17, 15) is 22.8 Å². The highest BCUT2D eigenvalue weighted by atomic mass is 35.5. The van der Waals surface area contributed by atoms with Gasteiger partial charge in [0.2, 0.25) is 0 Å². The van der Waals surface area contributed by atoms with Crippen LogP contribution in [0.4, 0.5) is 13.2 Å². The van der Waals surface area contributed by atoms with Gasteiger partial charge in [0, 0.05) is 18.5 Å². The monoisotopic (exact) mass is 382 g/mol. The predicted molar refractivity (Wildman–Crippen MR) is 89.4 cm³/mol. The molecule has 26 heavy (non-hydrogen) atoms. The largest absolute Gasteiger partial charge is 0.431 e. The Labute approximate surface area is 149 Å². The number of hydrogen-bond acceptors (Lipinski definition) is 3. The van der Waals surface area contributed by atoms with Crippen molar-refractivity contribution in [2.75, 3.05) is 0 Å². The minimum Gasteiger partial charge on any atom is -0.277 e. The van der Waals surface area contributed by atoms with Crippen molar-refractivity contribution in [1.29, 1.82) is 0 Å². The fourth-order valence-corrected chi connectivity index (χ4v) is 2.91. The van der Waals surface area contributed by atoms with E-state index >= 15 is 0 Å². The standard InChI is InChI=1S/C16H10ClF3N4O2/c1-3-6-23-12(16(18,19)20)8-13(25)24(15(23)26)9-4-5-10-11(7-9)22(2)21-14(10)17/h1,4-5,7-8H,6H2,2H3. The fourth-order valence-electron chi connectivity index (χ4n) is 2.63. The molecule has 0 bridgehead atoms. The molecule has 1 aromatic carbocycles. The lowest BCUT2D eigenvalue weighted by atomic mass is 10.2. The maximum atomic E-state index is 13.1. The average molecular weight is 383 g/mol. The van der Waals surface area contributed by atoms with E-state index < -0.39 is 29.7 Å². The molecular formula is C16H10ClF3N4O2. The molecular weight excluding hydrogens is 373 g/mol. The molecule has 0 spiro atoms. The first-order valence-corrected chi connectivity index (χ1v) is 7.53. The highest BCUT2D eigenvalue weighted by Crippen LogP contribution is 2.28. The van der Waals surface area contributed by atoms with Crippen LogP contribution in [0.5, 0.6) is 0 Å². The van der Waals surface area contributed by atoms with Crippen LogP contribution in [0, 0.1) is 12.3 Å². The Morgan fingerprint density at radius 1 is 1.27 bits per heavy atom. The zero-order valence-corrected chi connectivity index (χ0v) is 14.0. The topological polar surface area (TPSA) is 61.8 Å². The van der Waals surface area contributed by atoms with Crippen molar-refractivity contribution in [3.8, 4) is 18.0 Å². The van der Waals surface area contributed by atoms with Crippen LogP contribution in [0.1, 0.15) is 5.69 Å². The van der Waals surface area contributed by atoms with E-state index in [1.165, 1.54) is 22.9 Å². The van der Waals surface area contributed by atoms with E-state index in [-0.39, 0.29) is 10.8 Å². The minimum absolute atomic E-state index is 0.0756. The summed E-state index contributed by atoms with van der Waals surface area (Å²) < 4.78 is 41.8. The molecule has 3 rings (SSSR count). The van der Waals surface area contributed by atoms with Crippen molar-refractivity contribution in [1.82, 2.24) is 18.9 Å². The molecule has 0 saturated carbocycles. The molecule has 0 aliphatic heterocycles. The molecule has 0 aliphatic rings. The van der Waals surface area contributed by atoms with Gasteiger partial charge in [-0.05, 0) is 18.2 Å². The van der Waals surface area contributed by atoms with Crippen LogP contribution in [-0.2, 0) is 19.8 Å². The second-order valence-corrected chi connectivity index (χ2v) is 5.75. The van der Waals surface area contributed by atoms with E-state index in [0.717, 1.165) is 0 Å². The third kappa shape index (κ3) is 2.78. The number of alkyl halides is 3. The van der Waals surface area contributed by atoms with E-state index in [0.29, 0.717) is 26.1 Å². The van der Waals surface area contributed by atoms with Crippen LogP contribution in [-0.4, -0.2) is 18.9 Å². The van der Waals surface area contributed by atoms with Gasteiger partial charge in [0.05, 0.1) is 17.7 Å². The maximum absolute atomic E-state index is 13.1. The summed E-state index contributed by atoms with van der Waals surface area (Å²) in [6.07, 6.45) is 0.180. The van der Waals surface area contributed by atoms with Gasteiger partial charge in [-0.1, -0.05) is 17.5 Å². The number of aromatic nitrogens is 4. The predicted octanol–water partition coefficient (Wildman–Crippen LogP) is 2.19. The smallest absolute Gasteiger partial charge is 0.277 e. The van der Waals surface area contributed by atoms with Gasteiger partial charge < -0.3 is 0 Å². The third-order valence-electron chi connectivity index (χ3n) is 3.78. The lowest BCUT2D eigenvalue weighted by Crippen LogP contribution is -2.41. The second-order valence-electron chi connectivity index (χ2n) is 5.39. The summed E-state index contributed by atoms with van der Waals surface area (Å²) in [6.45, 7) is -0.631. The second kappa shape index (κ2) is 6.07. The van der Waals surface area contributed by atoms with Gasteiger partial charge in [-0.15, -0.1) is 6.42 Å². The molecule has 2 aromatic heterocycles.